The molecule has 1 aliphatic heterocycles. The van der Waals surface area contributed by atoms with Gasteiger partial charge in [0.2, 0.25) is 5.56 Å². The first-order valence-electron chi connectivity index (χ1n) is 7.28. The highest BCUT2D eigenvalue weighted by Gasteiger charge is 2.50. The van der Waals surface area contributed by atoms with Crippen LogP contribution in [-0.2, 0) is 0 Å². The predicted octanol–water partition coefficient (Wildman–Crippen LogP) is 2.42. The largest absolute Gasteiger partial charge is 0.335 e. The number of amides is 1. The molecule has 0 radical (unpaired) electrons. The molecule has 1 aromatic rings. The lowest BCUT2D eigenvalue weighted by Gasteiger charge is -2.39. The maximum Gasteiger partial charge on any atom is 0.254 e. The van der Waals surface area contributed by atoms with Crippen LogP contribution < -0.4 is 5.56 Å². The molecule has 1 N–H and O–H groups in total. The third-order valence-electron chi connectivity index (χ3n) is 4.70. The molecule has 1 aliphatic carbocycles. The van der Waals surface area contributed by atoms with Crippen LogP contribution in [0.3, 0.4) is 0 Å². The minimum Gasteiger partial charge on any atom is -0.335 e. The molecule has 1 amide bonds. The first-order chi connectivity index (χ1) is 9.28. The fourth-order valence-corrected chi connectivity index (χ4v) is 4.44. The summed E-state index contributed by atoms with van der Waals surface area (Å²) in [6.07, 6.45) is 4.85. The summed E-state index contributed by atoms with van der Waals surface area (Å²) in [5, 5.41) is 0. The van der Waals surface area contributed by atoms with E-state index in [2.05, 4.69) is 25.8 Å². The molecule has 1 saturated heterocycles. The zero-order chi connectivity index (χ0) is 14.5. The lowest BCUT2D eigenvalue weighted by atomic mass is 9.65. The second-order valence-corrected chi connectivity index (χ2v) is 7.59. The van der Waals surface area contributed by atoms with Crippen molar-refractivity contribution in [2.45, 2.75) is 46.1 Å². The predicted molar refractivity (Wildman–Crippen MR) is 77.6 cm³/mol. The Morgan fingerprint density at radius 2 is 2.10 bits per heavy atom. The van der Waals surface area contributed by atoms with Crippen molar-refractivity contribution in [1.82, 2.24) is 9.88 Å². The van der Waals surface area contributed by atoms with Gasteiger partial charge >= 0.3 is 0 Å². The molecule has 2 unspecified atom stereocenters. The minimum absolute atomic E-state index is 0.00234. The van der Waals surface area contributed by atoms with Crippen molar-refractivity contribution in [3.63, 3.8) is 0 Å². The second kappa shape index (κ2) is 4.21. The van der Waals surface area contributed by atoms with Crippen LogP contribution in [0.5, 0.6) is 0 Å². The number of aromatic nitrogens is 1. The standard InChI is InChI=1S/C16H22N2O2/c1-15(2)7-12-8-16(3,9-15)10-18(12)14(20)11-4-5-17-13(19)6-11/h4-6,12H,7-10H2,1-3H3,(H,17,19). The van der Waals surface area contributed by atoms with E-state index in [0.717, 1.165) is 25.8 Å². The third kappa shape index (κ3) is 2.28. The van der Waals surface area contributed by atoms with Crippen molar-refractivity contribution in [1.29, 1.82) is 0 Å². The molecule has 4 nitrogen and oxygen atoms in total. The first kappa shape index (κ1) is 13.4. The molecule has 2 heterocycles. The average Bonchev–Trinajstić information content (AvgIpc) is 2.57. The summed E-state index contributed by atoms with van der Waals surface area (Å²) in [4.78, 5) is 28.6. The Morgan fingerprint density at radius 1 is 1.35 bits per heavy atom. The van der Waals surface area contributed by atoms with Gasteiger partial charge in [0, 0.05) is 30.4 Å². The summed E-state index contributed by atoms with van der Waals surface area (Å²) >= 11 is 0. The van der Waals surface area contributed by atoms with E-state index in [1.54, 1.807) is 12.3 Å². The quantitative estimate of drug-likeness (QED) is 0.855. The van der Waals surface area contributed by atoms with Gasteiger partial charge in [-0.05, 0) is 36.2 Å². The van der Waals surface area contributed by atoms with E-state index in [9.17, 15) is 9.59 Å². The topological polar surface area (TPSA) is 53.2 Å². The fourth-order valence-electron chi connectivity index (χ4n) is 4.44. The molecule has 1 saturated carbocycles. The minimum atomic E-state index is -0.218. The summed E-state index contributed by atoms with van der Waals surface area (Å²) < 4.78 is 0. The van der Waals surface area contributed by atoms with E-state index in [-0.39, 0.29) is 16.9 Å². The number of likely N-dealkylation sites (tertiary alicyclic amines) is 1. The number of H-pyrrole nitrogens is 1. The Bertz CT molecular complexity index is 604. The van der Waals surface area contributed by atoms with Crippen LogP contribution in [0.1, 0.15) is 50.4 Å². The van der Waals surface area contributed by atoms with Gasteiger partial charge in [0.25, 0.3) is 5.91 Å². The Labute approximate surface area is 119 Å². The van der Waals surface area contributed by atoms with Gasteiger partial charge in [0.15, 0.2) is 0 Å². The smallest absolute Gasteiger partial charge is 0.254 e. The molecule has 108 valence electrons. The van der Waals surface area contributed by atoms with E-state index >= 15 is 0 Å². The third-order valence-corrected chi connectivity index (χ3v) is 4.70. The van der Waals surface area contributed by atoms with Gasteiger partial charge in [-0.25, -0.2) is 0 Å². The zero-order valence-electron chi connectivity index (χ0n) is 12.4. The molecular weight excluding hydrogens is 252 g/mol. The molecule has 4 heteroatoms. The number of pyridine rings is 1. The molecule has 1 aromatic heterocycles. The monoisotopic (exact) mass is 274 g/mol. The van der Waals surface area contributed by atoms with Crippen molar-refractivity contribution in [3.8, 4) is 0 Å². The van der Waals surface area contributed by atoms with E-state index < -0.39 is 0 Å². The van der Waals surface area contributed by atoms with Gasteiger partial charge in [-0.3, -0.25) is 9.59 Å². The maximum absolute atomic E-state index is 12.7. The Hall–Kier alpha value is -1.58. The lowest BCUT2D eigenvalue weighted by molar-refractivity contribution is 0.0708. The molecular formula is C16H22N2O2. The molecule has 20 heavy (non-hydrogen) atoms. The fraction of sp³-hybridized carbons (Fsp3) is 0.625. The van der Waals surface area contributed by atoms with Crippen molar-refractivity contribution < 1.29 is 4.79 Å². The summed E-state index contributed by atoms with van der Waals surface area (Å²) in [6, 6.07) is 3.41. The average molecular weight is 274 g/mol. The van der Waals surface area contributed by atoms with E-state index in [4.69, 9.17) is 0 Å². The van der Waals surface area contributed by atoms with Crippen LogP contribution >= 0.6 is 0 Å². The van der Waals surface area contributed by atoms with Crippen LogP contribution in [0.2, 0.25) is 0 Å². The number of fused-ring (bicyclic) bond motifs is 2. The number of nitrogens with zero attached hydrogens (tertiary/aromatic N) is 1. The summed E-state index contributed by atoms with van der Waals surface area (Å²) in [6.45, 7) is 7.68. The van der Waals surface area contributed by atoms with E-state index in [1.807, 2.05) is 4.90 Å². The number of hydrogen-bond donors (Lipinski definition) is 1. The molecule has 0 aromatic carbocycles. The zero-order valence-corrected chi connectivity index (χ0v) is 12.4. The van der Waals surface area contributed by atoms with Crippen molar-refractivity contribution >= 4 is 5.91 Å². The highest BCUT2D eigenvalue weighted by atomic mass is 16.2. The van der Waals surface area contributed by atoms with Gasteiger partial charge in [-0.15, -0.1) is 0 Å². The van der Waals surface area contributed by atoms with Crippen LogP contribution in [-0.4, -0.2) is 28.4 Å². The number of nitrogens with one attached hydrogen (secondary N) is 1. The highest BCUT2D eigenvalue weighted by molar-refractivity contribution is 5.94. The molecule has 2 atom stereocenters. The van der Waals surface area contributed by atoms with Gasteiger partial charge in [0.05, 0.1) is 0 Å². The number of aromatic amines is 1. The van der Waals surface area contributed by atoms with Crippen molar-refractivity contribution in [3.05, 3.63) is 34.2 Å². The van der Waals surface area contributed by atoms with Crippen LogP contribution in [0.15, 0.2) is 23.1 Å². The maximum atomic E-state index is 12.7. The molecule has 2 fully saturated rings. The van der Waals surface area contributed by atoms with Crippen LogP contribution in [0.25, 0.3) is 0 Å². The van der Waals surface area contributed by atoms with Gasteiger partial charge in [0.1, 0.15) is 0 Å². The van der Waals surface area contributed by atoms with Gasteiger partial charge in [-0.1, -0.05) is 20.8 Å². The highest BCUT2D eigenvalue weighted by Crippen LogP contribution is 2.52. The Morgan fingerprint density at radius 3 is 2.80 bits per heavy atom. The Balaban J connectivity index is 1.89. The number of hydrogen-bond acceptors (Lipinski definition) is 2. The SMILES string of the molecule is CC1(C)CC2CC(C)(CN2C(=O)c2cc[nH]c(=O)c2)C1. The van der Waals surface area contributed by atoms with Crippen molar-refractivity contribution in [2.75, 3.05) is 6.54 Å². The Kier molecular flexibility index (Phi) is 2.82. The second-order valence-electron chi connectivity index (χ2n) is 7.59. The molecule has 3 rings (SSSR count). The van der Waals surface area contributed by atoms with Gasteiger partial charge in [-0.2, -0.15) is 0 Å². The van der Waals surface area contributed by atoms with Crippen LogP contribution in [0, 0.1) is 10.8 Å². The molecule has 0 spiro atoms. The number of carbonyl (C=O) groups excluding carboxylic acids is 1. The summed E-state index contributed by atoms with van der Waals surface area (Å²) in [5.74, 6) is 0.00234. The summed E-state index contributed by atoms with van der Waals surface area (Å²) in [7, 11) is 0. The van der Waals surface area contributed by atoms with E-state index in [1.165, 1.54) is 6.07 Å². The normalized spacial score (nSPS) is 31.4. The number of carbonyl (C=O) groups is 1. The lowest BCUT2D eigenvalue weighted by Crippen LogP contribution is -2.38. The van der Waals surface area contributed by atoms with Crippen molar-refractivity contribution in [2.24, 2.45) is 10.8 Å². The molecule has 2 aliphatic rings. The number of rotatable bonds is 1. The summed E-state index contributed by atoms with van der Waals surface area (Å²) in [5.41, 5.74) is 0.802. The first-order valence-corrected chi connectivity index (χ1v) is 7.28. The van der Waals surface area contributed by atoms with Crippen LogP contribution in [0.4, 0.5) is 0 Å². The van der Waals surface area contributed by atoms with E-state index in [0.29, 0.717) is 17.0 Å². The van der Waals surface area contributed by atoms with Gasteiger partial charge < -0.3 is 9.88 Å². The molecule has 2 bridgehead atoms.